The summed E-state index contributed by atoms with van der Waals surface area (Å²) in [5.41, 5.74) is 6.65. The number of hydrogen-bond donors (Lipinski definition) is 0. The molecule has 0 fully saturated rings. The van der Waals surface area contributed by atoms with E-state index in [0.717, 1.165) is 52.5 Å². The number of hydrogen-bond acceptors (Lipinski definition) is 7. The van der Waals surface area contributed by atoms with Gasteiger partial charge >= 0.3 is 0 Å². The Kier molecular flexibility index (Phi) is 3.46. The second-order valence-corrected chi connectivity index (χ2v) is 7.38. The van der Waals surface area contributed by atoms with E-state index in [4.69, 9.17) is 10.1 Å². The fraction of sp³-hybridized carbons (Fsp3) is 0.278. The average molecular weight is 363 g/mol. The lowest BCUT2D eigenvalue weighted by molar-refractivity contribution is 0.688. The van der Waals surface area contributed by atoms with E-state index in [0.29, 0.717) is 0 Å². The van der Waals surface area contributed by atoms with Crippen LogP contribution in [0.1, 0.15) is 22.4 Å². The van der Waals surface area contributed by atoms with Crippen molar-refractivity contribution in [1.29, 1.82) is 0 Å². The minimum absolute atomic E-state index is 0.801. The molecule has 0 amide bonds. The van der Waals surface area contributed by atoms with Crippen molar-refractivity contribution in [2.24, 2.45) is 0 Å². The Morgan fingerprint density at radius 1 is 1.19 bits per heavy atom. The summed E-state index contributed by atoms with van der Waals surface area (Å²) in [5.74, 6) is 0.989. The van der Waals surface area contributed by atoms with E-state index >= 15 is 0 Å². The van der Waals surface area contributed by atoms with Gasteiger partial charge in [-0.2, -0.15) is 4.52 Å². The summed E-state index contributed by atoms with van der Waals surface area (Å²) < 4.78 is 5.96. The van der Waals surface area contributed by atoms with Crippen molar-refractivity contribution in [2.75, 3.05) is 11.4 Å². The maximum atomic E-state index is 4.75. The molecule has 0 atom stereocenters. The molecule has 0 aliphatic carbocycles. The molecule has 4 aromatic rings. The minimum atomic E-state index is 0.801. The molecular weight excluding hydrogens is 346 g/mol. The van der Waals surface area contributed by atoms with E-state index in [1.807, 2.05) is 18.5 Å². The molecule has 0 spiro atoms. The van der Waals surface area contributed by atoms with Crippen LogP contribution >= 0.6 is 11.5 Å². The zero-order chi connectivity index (χ0) is 17.7. The van der Waals surface area contributed by atoms with Gasteiger partial charge in [-0.05, 0) is 43.1 Å². The lowest BCUT2D eigenvalue weighted by Crippen LogP contribution is -2.32. The molecule has 0 aromatic carbocycles. The van der Waals surface area contributed by atoms with Crippen LogP contribution in [-0.2, 0) is 13.0 Å². The van der Waals surface area contributed by atoms with Crippen LogP contribution in [0, 0.1) is 13.8 Å². The molecule has 0 bridgehead atoms. The monoisotopic (exact) mass is 363 g/mol. The summed E-state index contributed by atoms with van der Waals surface area (Å²) in [6.07, 6.45) is 6.36. The zero-order valence-electron chi connectivity index (χ0n) is 14.5. The molecule has 26 heavy (non-hydrogen) atoms. The van der Waals surface area contributed by atoms with Crippen LogP contribution in [0.3, 0.4) is 0 Å². The Balaban J connectivity index is 1.54. The van der Waals surface area contributed by atoms with Gasteiger partial charge in [0.15, 0.2) is 11.5 Å². The first-order valence-electron chi connectivity index (χ1n) is 8.52. The largest absolute Gasteiger partial charge is 0.350 e. The highest BCUT2D eigenvalue weighted by Crippen LogP contribution is 2.30. The predicted molar refractivity (Wildman–Crippen MR) is 100 cm³/mol. The van der Waals surface area contributed by atoms with Crippen molar-refractivity contribution >= 4 is 23.0 Å². The van der Waals surface area contributed by atoms with Crippen molar-refractivity contribution in [3.8, 4) is 10.4 Å². The third kappa shape index (κ3) is 2.37. The molecule has 0 radical (unpaired) electrons. The first-order valence-corrected chi connectivity index (χ1v) is 9.29. The summed E-state index contributed by atoms with van der Waals surface area (Å²) in [4.78, 5) is 8.16. The number of pyridine rings is 1. The van der Waals surface area contributed by atoms with E-state index in [2.05, 4.69) is 39.4 Å². The molecule has 5 heterocycles. The van der Waals surface area contributed by atoms with Crippen LogP contribution in [0.4, 0.5) is 5.82 Å². The number of aryl methyl sites for hydroxylation is 1. The van der Waals surface area contributed by atoms with Gasteiger partial charge in [-0.1, -0.05) is 0 Å². The van der Waals surface area contributed by atoms with Crippen molar-refractivity contribution < 1.29 is 0 Å². The lowest BCUT2D eigenvalue weighted by atomic mass is 10.0. The summed E-state index contributed by atoms with van der Waals surface area (Å²) in [5, 5.41) is 12.9. The van der Waals surface area contributed by atoms with Gasteiger partial charge in [-0.25, -0.2) is 4.37 Å². The molecule has 1 aliphatic rings. The Morgan fingerprint density at radius 2 is 2.12 bits per heavy atom. The van der Waals surface area contributed by atoms with Gasteiger partial charge in [0, 0.05) is 54.3 Å². The maximum Gasteiger partial charge on any atom is 0.180 e. The topological polar surface area (TPSA) is 72.1 Å². The van der Waals surface area contributed by atoms with E-state index in [1.54, 1.807) is 10.8 Å². The van der Waals surface area contributed by atoms with Crippen molar-refractivity contribution in [3.63, 3.8) is 0 Å². The third-order valence-electron chi connectivity index (χ3n) is 5.03. The zero-order valence-corrected chi connectivity index (χ0v) is 15.4. The number of anilines is 1. The summed E-state index contributed by atoms with van der Waals surface area (Å²) in [7, 11) is 0. The smallest absolute Gasteiger partial charge is 0.180 e. The van der Waals surface area contributed by atoms with Gasteiger partial charge in [-0.3, -0.25) is 4.98 Å². The quantitative estimate of drug-likeness (QED) is 0.545. The highest BCUT2D eigenvalue weighted by molar-refractivity contribution is 7.09. The highest BCUT2D eigenvalue weighted by atomic mass is 32.1. The lowest BCUT2D eigenvalue weighted by Gasteiger charge is -2.30. The van der Waals surface area contributed by atoms with Crippen molar-refractivity contribution in [2.45, 2.75) is 26.8 Å². The minimum Gasteiger partial charge on any atom is -0.350 e. The van der Waals surface area contributed by atoms with Crippen molar-refractivity contribution in [3.05, 3.63) is 53.2 Å². The van der Waals surface area contributed by atoms with Crippen LogP contribution in [0.5, 0.6) is 0 Å². The molecular formula is C18H17N7S. The second-order valence-electron chi connectivity index (χ2n) is 6.55. The average Bonchev–Trinajstić information content (AvgIpc) is 3.35. The molecule has 0 unspecified atom stereocenters. The molecule has 0 saturated heterocycles. The molecule has 7 nitrogen and oxygen atoms in total. The van der Waals surface area contributed by atoms with Gasteiger partial charge in [0.2, 0.25) is 0 Å². The van der Waals surface area contributed by atoms with Gasteiger partial charge in [0.05, 0.1) is 4.88 Å². The Bertz CT molecular complexity index is 1100. The number of aromatic nitrogens is 6. The molecule has 130 valence electrons. The molecule has 0 N–H and O–H groups in total. The van der Waals surface area contributed by atoms with Crippen molar-refractivity contribution in [1.82, 2.24) is 29.2 Å². The van der Waals surface area contributed by atoms with E-state index < -0.39 is 0 Å². The molecule has 0 saturated carbocycles. The van der Waals surface area contributed by atoms with Crippen LogP contribution in [-0.4, -0.2) is 35.7 Å². The Hall–Kier alpha value is -2.87. The molecule has 5 rings (SSSR count). The van der Waals surface area contributed by atoms with Crippen LogP contribution in [0.25, 0.3) is 16.1 Å². The first-order chi connectivity index (χ1) is 12.7. The highest BCUT2D eigenvalue weighted by Gasteiger charge is 2.22. The second kappa shape index (κ2) is 5.84. The number of rotatable bonds is 2. The van der Waals surface area contributed by atoms with Crippen LogP contribution in [0.15, 0.2) is 30.9 Å². The Labute approximate surface area is 154 Å². The molecule has 8 heteroatoms. The van der Waals surface area contributed by atoms with E-state index in [9.17, 15) is 0 Å². The maximum absolute atomic E-state index is 4.75. The normalized spacial score (nSPS) is 14.0. The van der Waals surface area contributed by atoms with Gasteiger partial charge < -0.3 is 4.90 Å². The van der Waals surface area contributed by atoms with Crippen LogP contribution < -0.4 is 4.90 Å². The van der Waals surface area contributed by atoms with E-state index in [1.165, 1.54) is 22.8 Å². The van der Waals surface area contributed by atoms with Gasteiger partial charge in [0.25, 0.3) is 0 Å². The predicted octanol–water partition coefficient (Wildman–Crippen LogP) is 2.82. The SMILES string of the molecule is Cc1c(N2CCc3ncc(-c4ccns4)cc3C2)nn2cnnc2c1C. The summed E-state index contributed by atoms with van der Waals surface area (Å²) >= 11 is 1.50. The third-order valence-corrected chi connectivity index (χ3v) is 5.82. The fourth-order valence-electron chi connectivity index (χ4n) is 3.47. The summed E-state index contributed by atoms with van der Waals surface area (Å²) in [6, 6.07) is 4.27. The van der Waals surface area contributed by atoms with Crippen LogP contribution in [0.2, 0.25) is 0 Å². The number of nitrogens with zero attached hydrogens (tertiary/aromatic N) is 7. The number of fused-ring (bicyclic) bond motifs is 2. The van der Waals surface area contributed by atoms with Gasteiger partial charge in [-0.15, -0.1) is 15.3 Å². The van der Waals surface area contributed by atoms with E-state index in [-0.39, 0.29) is 0 Å². The molecule has 1 aliphatic heterocycles. The fourth-order valence-corrected chi connectivity index (χ4v) is 4.04. The molecule has 4 aromatic heterocycles. The first kappa shape index (κ1) is 15.4. The van der Waals surface area contributed by atoms with Gasteiger partial charge in [0.1, 0.15) is 6.33 Å². The Morgan fingerprint density at radius 3 is 2.96 bits per heavy atom. The summed E-state index contributed by atoms with van der Waals surface area (Å²) in [6.45, 7) is 5.89. The standard InChI is InChI=1S/C18H17N7S/c1-11-12(2)18(23-25-10-20-22-17(11)25)24-6-4-15-14(9-24)7-13(8-19-15)16-3-5-21-26-16/h3,5,7-8,10H,4,6,9H2,1-2H3.